The Balaban J connectivity index is 2.79. The van der Waals surface area contributed by atoms with Crippen molar-refractivity contribution in [3.8, 4) is 0 Å². The summed E-state index contributed by atoms with van der Waals surface area (Å²) < 4.78 is 5.59. The van der Waals surface area contributed by atoms with Crippen molar-refractivity contribution in [3.05, 3.63) is 47.0 Å². The van der Waals surface area contributed by atoms with Gasteiger partial charge >= 0.3 is 12.1 Å². The third kappa shape index (κ3) is 5.56. The highest BCUT2D eigenvalue weighted by Crippen LogP contribution is 2.21. The topological polar surface area (TPSA) is 75.6 Å². The zero-order valence-corrected chi connectivity index (χ0v) is 11.7. The van der Waals surface area contributed by atoms with Gasteiger partial charge in [0.2, 0.25) is 0 Å². The summed E-state index contributed by atoms with van der Waals surface area (Å²) in [5.41, 5.74) is 0.687. The largest absolute Gasteiger partial charge is 0.481 e. The number of benzene rings is 1. The van der Waals surface area contributed by atoms with E-state index in [-0.39, 0.29) is 13.0 Å². The van der Waals surface area contributed by atoms with E-state index in [1.54, 1.807) is 18.2 Å². The van der Waals surface area contributed by atoms with Gasteiger partial charge in [-0.25, -0.2) is 4.79 Å². The molecule has 0 bridgehead atoms. The average Bonchev–Trinajstić information content (AvgIpc) is 2.35. The lowest BCUT2D eigenvalue weighted by molar-refractivity contribution is -0.137. The highest BCUT2D eigenvalue weighted by atomic mass is 79.9. The molecule has 2 N–H and O–H groups in total. The molecule has 0 radical (unpaired) electrons. The van der Waals surface area contributed by atoms with Crippen molar-refractivity contribution in [1.82, 2.24) is 5.32 Å². The second-order valence-electron chi connectivity index (χ2n) is 3.74. The molecule has 0 heterocycles. The number of hydrogen-bond donors (Lipinski definition) is 2. The minimum atomic E-state index is -1.01. The average molecular weight is 328 g/mol. The van der Waals surface area contributed by atoms with Crippen LogP contribution in [0.5, 0.6) is 0 Å². The van der Waals surface area contributed by atoms with E-state index >= 15 is 0 Å². The maximum atomic E-state index is 11.5. The zero-order chi connectivity index (χ0) is 14.3. The maximum absolute atomic E-state index is 11.5. The Morgan fingerprint density at radius 1 is 1.53 bits per heavy atom. The van der Waals surface area contributed by atoms with Gasteiger partial charge in [-0.05, 0) is 17.7 Å². The van der Waals surface area contributed by atoms with Crippen molar-refractivity contribution in [1.29, 1.82) is 0 Å². The number of amides is 1. The van der Waals surface area contributed by atoms with E-state index in [1.165, 1.54) is 6.08 Å². The van der Waals surface area contributed by atoms with E-state index in [0.29, 0.717) is 5.56 Å². The Kier molecular flexibility index (Phi) is 6.08. The molecular formula is C13H14BrNO4. The first-order chi connectivity index (χ1) is 9.02. The summed E-state index contributed by atoms with van der Waals surface area (Å²) in [6.45, 7) is 3.50. The first kappa shape index (κ1) is 15.2. The molecule has 0 aliphatic carbocycles. The number of aliphatic carboxylic acids is 1. The normalized spacial score (nSPS) is 11.4. The van der Waals surface area contributed by atoms with Gasteiger partial charge in [0.05, 0.1) is 12.5 Å². The number of alkyl carbamates (subject to hydrolysis) is 1. The molecule has 102 valence electrons. The lowest BCUT2D eigenvalue weighted by Gasteiger charge is -2.17. The summed E-state index contributed by atoms with van der Waals surface area (Å²) in [6, 6.07) is 6.43. The summed E-state index contributed by atoms with van der Waals surface area (Å²) in [4.78, 5) is 22.3. The van der Waals surface area contributed by atoms with Crippen molar-refractivity contribution >= 4 is 28.0 Å². The van der Waals surface area contributed by atoms with E-state index in [2.05, 4.69) is 27.8 Å². The number of ether oxygens (including phenoxy) is 1. The molecule has 0 saturated carbocycles. The molecule has 1 aromatic rings. The number of carbonyl (C=O) groups is 2. The third-order valence-corrected chi connectivity index (χ3v) is 2.75. The molecule has 0 saturated heterocycles. The Morgan fingerprint density at radius 3 is 2.84 bits per heavy atom. The van der Waals surface area contributed by atoms with Crippen LogP contribution in [0.1, 0.15) is 18.0 Å². The van der Waals surface area contributed by atoms with Crippen LogP contribution in [0.3, 0.4) is 0 Å². The van der Waals surface area contributed by atoms with Crippen molar-refractivity contribution in [3.63, 3.8) is 0 Å². The molecular weight excluding hydrogens is 314 g/mol. The Bertz CT molecular complexity index is 475. The van der Waals surface area contributed by atoms with E-state index in [0.717, 1.165) is 4.47 Å². The van der Waals surface area contributed by atoms with Crippen LogP contribution in [0.25, 0.3) is 0 Å². The number of rotatable bonds is 6. The van der Waals surface area contributed by atoms with Gasteiger partial charge in [-0.3, -0.25) is 4.79 Å². The molecule has 0 aliphatic heterocycles. The lowest BCUT2D eigenvalue weighted by Crippen LogP contribution is -2.30. The van der Waals surface area contributed by atoms with Crippen LogP contribution in [0.15, 0.2) is 41.4 Å². The summed E-state index contributed by atoms with van der Waals surface area (Å²) in [5.74, 6) is -1.01. The quantitative estimate of drug-likeness (QED) is 0.788. The molecule has 0 aromatic heterocycles. The molecule has 6 heteroatoms. The van der Waals surface area contributed by atoms with Crippen LogP contribution in [0.4, 0.5) is 4.79 Å². The maximum Gasteiger partial charge on any atom is 0.407 e. The van der Waals surface area contributed by atoms with Crippen molar-refractivity contribution in [2.75, 3.05) is 6.61 Å². The predicted octanol–water partition coefficient (Wildman–Crippen LogP) is 2.88. The van der Waals surface area contributed by atoms with E-state index in [9.17, 15) is 9.59 Å². The van der Waals surface area contributed by atoms with Gasteiger partial charge in [0, 0.05) is 4.47 Å². The van der Waals surface area contributed by atoms with Gasteiger partial charge in [-0.2, -0.15) is 0 Å². The second kappa shape index (κ2) is 7.58. The first-order valence-corrected chi connectivity index (χ1v) is 6.33. The fraction of sp³-hybridized carbons (Fsp3) is 0.231. The first-order valence-electron chi connectivity index (χ1n) is 5.54. The molecule has 0 spiro atoms. The Labute approximate surface area is 119 Å². The van der Waals surface area contributed by atoms with Gasteiger partial charge in [-0.1, -0.05) is 40.7 Å². The molecule has 19 heavy (non-hydrogen) atoms. The highest BCUT2D eigenvalue weighted by molar-refractivity contribution is 9.10. The van der Waals surface area contributed by atoms with E-state index in [1.807, 2.05) is 6.07 Å². The van der Waals surface area contributed by atoms with Crippen LogP contribution in [0, 0.1) is 0 Å². The molecule has 0 aliphatic rings. The van der Waals surface area contributed by atoms with Gasteiger partial charge < -0.3 is 15.2 Å². The van der Waals surface area contributed by atoms with Crippen LogP contribution in [-0.2, 0) is 9.53 Å². The fourth-order valence-electron chi connectivity index (χ4n) is 1.47. The summed E-state index contributed by atoms with van der Waals surface area (Å²) in [6.07, 6.45) is 0.538. The number of carboxylic acid groups (broad SMARTS) is 1. The smallest absolute Gasteiger partial charge is 0.407 e. The third-order valence-electron chi connectivity index (χ3n) is 2.25. The predicted molar refractivity (Wildman–Crippen MR) is 73.8 cm³/mol. The van der Waals surface area contributed by atoms with E-state index in [4.69, 9.17) is 9.84 Å². The number of hydrogen-bond acceptors (Lipinski definition) is 3. The summed E-state index contributed by atoms with van der Waals surface area (Å²) in [5, 5.41) is 11.4. The van der Waals surface area contributed by atoms with Crippen LogP contribution < -0.4 is 5.32 Å². The van der Waals surface area contributed by atoms with Crippen LogP contribution in [0.2, 0.25) is 0 Å². The Hall–Kier alpha value is -1.82. The molecule has 1 unspecified atom stereocenters. The van der Waals surface area contributed by atoms with Gasteiger partial charge in [0.25, 0.3) is 0 Å². The van der Waals surface area contributed by atoms with Crippen molar-refractivity contribution < 1.29 is 19.4 Å². The molecule has 1 aromatic carbocycles. The van der Waals surface area contributed by atoms with Gasteiger partial charge in [0.15, 0.2) is 0 Å². The SMILES string of the molecule is C=CCOC(=O)NC(CC(=O)O)c1cccc(Br)c1. The number of carbonyl (C=O) groups excluding carboxylic acids is 1. The number of carboxylic acids is 1. The number of nitrogens with one attached hydrogen (secondary N) is 1. The van der Waals surface area contributed by atoms with E-state index < -0.39 is 18.1 Å². The molecule has 1 amide bonds. The van der Waals surface area contributed by atoms with Crippen molar-refractivity contribution in [2.24, 2.45) is 0 Å². The molecule has 5 nitrogen and oxygen atoms in total. The Morgan fingerprint density at radius 2 is 2.26 bits per heavy atom. The minimum absolute atomic E-state index is 0.0735. The second-order valence-corrected chi connectivity index (χ2v) is 4.65. The van der Waals surface area contributed by atoms with Crippen molar-refractivity contribution in [2.45, 2.75) is 12.5 Å². The molecule has 1 rings (SSSR count). The standard InChI is InChI=1S/C13H14BrNO4/c1-2-6-19-13(18)15-11(8-12(16)17)9-4-3-5-10(14)7-9/h2-5,7,11H,1,6,8H2,(H,15,18)(H,16,17). The minimum Gasteiger partial charge on any atom is -0.481 e. The number of halogens is 1. The summed E-state index contributed by atoms with van der Waals surface area (Å²) in [7, 11) is 0. The van der Waals surface area contributed by atoms with Crippen LogP contribution >= 0.6 is 15.9 Å². The summed E-state index contributed by atoms with van der Waals surface area (Å²) >= 11 is 3.30. The van der Waals surface area contributed by atoms with Gasteiger partial charge in [-0.15, -0.1) is 0 Å². The highest BCUT2D eigenvalue weighted by Gasteiger charge is 2.18. The lowest BCUT2D eigenvalue weighted by atomic mass is 10.0. The molecule has 0 fully saturated rings. The van der Waals surface area contributed by atoms with Crippen LogP contribution in [-0.4, -0.2) is 23.8 Å². The van der Waals surface area contributed by atoms with Gasteiger partial charge in [0.1, 0.15) is 6.61 Å². The zero-order valence-electron chi connectivity index (χ0n) is 10.1. The molecule has 1 atom stereocenters. The fourth-order valence-corrected chi connectivity index (χ4v) is 1.89. The monoisotopic (exact) mass is 327 g/mol.